The lowest BCUT2D eigenvalue weighted by Gasteiger charge is -2.22. The van der Waals surface area contributed by atoms with Gasteiger partial charge in [0.05, 0.1) is 11.2 Å². The SMILES string of the molecule is CNC(=O)C1(C)CCN(S(=O)(=O)Cc2ccc(N)cc2)C1. The minimum Gasteiger partial charge on any atom is -0.399 e. The number of nitrogens with zero attached hydrogens (tertiary/aromatic N) is 1. The molecule has 1 aliphatic rings. The highest BCUT2D eigenvalue weighted by molar-refractivity contribution is 7.88. The van der Waals surface area contributed by atoms with E-state index in [1.807, 2.05) is 0 Å². The smallest absolute Gasteiger partial charge is 0.227 e. The van der Waals surface area contributed by atoms with Crippen molar-refractivity contribution in [2.24, 2.45) is 5.41 Å². The summed E-state index contributed by atoms with van der Waals surface area (Å²) in [7, 11) is -1.86. The zero-order valence-corrected chi connectivity index (χ0v) is 13.1. The third-order valence-corrected chi connectivity index (χ3v) is 5.73. The second-order valence-corrected chi connectivity index (χ2v) is 7.69. The summed E-state index contributed by atoms with van der Waals surface area (Å²) in [4.78, 5) is 11.9. The van der Waals surface area contributed by atoms with Crippen LogP contribution in [-0.4, -0.2) is 38.8 Å². The highest BCUT2D eigenvalue weighted by atomic mass is 32.2. The molecule has 0 saturated carbocycles. The standard InChI is InChI=1S/C14H21N3O3S/c1-14(13(18)16-2)7-8-17(10-14)21(19,20)9-11-3-5-12(15)6-4-11/h3-6H,7-10,15H2,1-2H3,(H,16,18). The molecule has 1 aromatic carbocycles. The number of sulfonamides is 1. The monoisotopic (exact) mass is 311 g/mol. The fraction of sp³-hybridized carbons (Fsp3) is 0.500. The first-order valence-corrected chi connectivity index (χ1v) is 8.42. The van der Waals surface area contributed by atoms with Gasteiger partial charge in [-0.1, -0.05) is 12.1 Å². The van der Waals surface area contributed by atoms with Crippen LogP contribution in [-0.2, 0) is 20.6 Å². The second-order valence-electron chi connectivity index (χ2n) is 5.72. The van der Waals surface area contributed by atoms with E-state index in [2.05, 4.69) is 5.32 Å². The number of rotatable bonds is 4. The molecule has 6 nitrogen and oxygen atoms in total. The lowest BCUT2D eigenvalue weighted by Crippen LogP contribution is -2.40. The third-order valence-electron chi connectivity index (χ3n) is 3.94. The Balaban J connectivity index is 2.11. The molecule has 0 aliphatic carbocycles. The van der Waals surface area contributed by atoms with Crippen LogP contribution in [0.2, 0.25) is 0 Å². The first-order valence-electron chi connectivity index (χ1n) is 6.81. The Bertz CT molecular complexity index is 627. The number of nitrogens with one attached hydrogen (secondary N) is 1. The Kier molecular flexibility index (Phi) is 4.25. The molecule has 116 valence electrons. The predicted octanol–water partition coefficient (Wildman–Crippen LogP) is 0.557. The first-order chi connectivity index (χ1) is 9.77. The van der Waals surface area contributed by atoms with Gasteiger partial charge in [-0.2, -0.15) is 0 Å². The molecule has 0 radical (unpaired) electrons. The zero-order chi connectivity index (χ0) is 15.7. The maximum atomic E-state index is 12.4. The summed E-state index contributed by atoms with van der Waals surface area (Å²) in [6.45, 7) is 2.40. The van der Waals surface area contributed by atoms with E-state index in [1.165, 1.54) is 4.31 Å². The fourth-order valence-corrected chi connectivity index (χ4v) is 4.21. The molecule has 0 bridgehead atoms. The number of nitrogens with two attached hydrogens (primary N) is 1. The molecule has 1 atom stereocenters. The van der Waals surface area contributed by atoms with Crippen LogP contribution in [0.5, 0.6) is 0 Å². The van der Waals surface area contributed by atoms with Crippen molar-refractivity contribution in [2.45, 2.75) is 19.1 Å². The number of amides is 1. The summed E-state index contributed by atoms with van der Waals surface area (Å²) in [6.07, 6.45) is 0.535. The van der Waals surface area contributed by atoms with Gasteiger partial charge in [-0.3, -0.25) is 4.79 Å². The Morgan fingerprint density at radius 3 is 2.57 bits per heavy atom. The van der Waals surface area contributed by atoms with Gasteiger partial charge >= 0.3 is 0 Å². The molecule has 2 rings (SSSR count). The lowest BCUT2D eigenvalue weighted by molar-refractivity contribution is -0.128. The van der Waals surface area contributed by atoms with E-state index < -0.39 is 15.4 Å². The molecule has 0 aromatic heterocycles. The van der Waals surface area contributed by atoms with Crippen molar-refractivity contribution in [1.29, 1.82) is 0 Å². The Hall–Kier alpha value is -1.60. The van der Waals surface area contributed by atoms with Crippen LogP contribution in [0.1, 0.15) is 18.9 Å². The molecule has 0 spiro atoms. The van der Waals surface area contributed by atoms with Crippen molar-refractivity contribution in [1.82, 2.24) is 9.62 Å². The van der Waals surface area contributed by atoms with E-state index in [9.17, 15) is 13.2 Å². The Morgan fingerprint density at radius 2 is 2.00 bits per heavy atom. The van der Waals surface area contributed by atoms with Crippen molar-refractivity contribution >= 4 is 21.6 Å². The summed E-state index contributed by atoms with van der Waals surface area (Å²) >= 11 is 0. The number of benzene rings is 1. The summed E-state index contributed by atoms with van der Waals surface area (Å²) in [5, 5.41) is 2.60. The van der Waals surface area contributed by atoms with Gasteiger partial charge in [-0.15, -0.1) is 0 Å². The van der Waals surface area contributed by atoms with E-state index in [1.54, 1.807) is 38.2 Å². The van der Waals surface area contributed by atoms with Gasteiger partial charge in [0, 0.05) is 25.8 Å². The van der Waals surface area contributed by atoms with Gasteiger partial charge < -0.3 is 11.1 Å². The van der Waals surface area contributed by atoms with Crippen LogP contribution in [0.25, 0.3) is 0 Å². The van der Waals surface area contributed by atoms with Crippen molar-refractivity contribution in [2.75, 3.05) is 25.9 Å². The van der Waals surface area contributed by atoms with Crippen LogP contribution in [0.4, 0.5) is 5.69 Å². The molecular weight excluding hydrogens is 290 g/mol. The minimum atomic E-state index is -3.43. The van der Waals surface area contributed by atoms with E-state index in [4.69, 9.17) is 5.73 Å². The molecule has 21 heavy (non-hydrogen) atoms. The first kappa shape index (κ1) is 15.8. The van der Waals surface area contributed by atoms with E-state index >= 15 is 0 Å². The Labute approximate surface area is 125 Å². The number of anilines is 1. The van der Waals surface area contributed by atoms with E-state index in [-0.39, 0.29) is 18.2 Å². The van der Waals surface area contributed by atoms with Crippen LogP contribution < -0.4 is 11.1 Å². The molecule has 1 unspecified atom stereocenters. The number of nitrogen functional groups attached to an aromatic ring is 1. The van der Waals surface area contributed by atoms with E-state index in [0.29, 0.717) is 24.2 Å². The van der Waals surface area contributed by atoms with Gasteiger partial charge in [0.25, 0.3) is 0 Å². The van der Waals surface area contributed by atoms with Gasteiger partial charge in [-0.25, -0.2) is 12.7 Å². The summed E-state index contributed by atoms with van der Waals surface area (Å²) in [5.74, 6) is -0.190. The van der Waals surface area contributed by atoms with E-state index in [0.717, 1.165) is 0 Å². The average Bonchev–Trinajstić information content (AvgIpc) is 2.85. The molecular formula is C14H21N3O3S. The van der Waals surface area contributed by atoms with Crippen LogP contribution in [0, 0.1) is 5.41 Å². The third kappa shape index (κ3) is 3.36. The van der Waals surface area contributed by atoms with Gasteiger partial charge in [0.1, 0.15) is 0 Å². The number of carbonyl (C=O) groups excluding carboxylic acids is 1. The largest absolute Gasteiger partial charge is 0.399 e. The van der Waals surface area contributed by atoms with Gasteiger partial charge in [0.2, 0.25) is 15.9 Å². The summed E-state index contributed by atoms with van der Waals surface area (Å²) < 4.78 is 26.3. The number of hydrogen-bond donors (Lipinski definition) is 2. The van der Waals surface area contributed by atoms with Crippen molar-refractivity contribution in [3.63, 3.8) is 0 Å². The van der Waals surface area contributed by atoms with Gasteiger partial charge in [0.15, 0.2) is 0 Å². The quantitative estimate of drug-likeness (QED) is 0.795. The molecule has 1 fully saturated rings. The van der Waals surface area contributed by atoms with Crippen LogP contribution in [0.3, 0.4) is 0 Å². The molecule has 1 aromatic rings. The molecule has 1 amide bonds. The summed E-state index contributed by atoms with van der Waals surface area (Å²) in [6, 6.07) is 6.79. The maximum absolute atomic E-state index is 12.4. The van der Waals surface area contributed by atoms with Crippen LogP contribution in [0.15, 0.2) is 24.3 Å². The summed E-state index contributed by atoms with van der Waals surface area (Å²) in [5.41, 5.74) is 6.24. The minimum absolute atomic E-state index is 0.0723. The van der Waals surface area contributed by atoms with Crippen molar-refractivity contribution in [3.8, 4) is 0 Å². The molecule has 3 N–H and O–H groups in total. The highest BCUT2D eigenvalue weighted by Crippen LogP contribution is 2.32. The zero-order valence-electron chi connectivity index (χ0n) is 12.3. The second kappa shape index (κ2) is 5.65. The topological polar surface area (TPSA) is 92.5 Å². The maximum Gasteiger partial charge on any atom is 0.227 e. The van der Waals surface area contributed by atoms with Gasteiger partial charge in [-0.05, 0) is 31.0 Å². The number of carbonyl (C=O) groups is 1. The normalized spacial score (nSPS) is 23.1. The Morgan fingerprint density at radius 1 is 1.38 bits per heavy atom. The number of hydrogen-bond acceptors (Lipinski definition) is 4. The van der Waals surface area contributed by atoms with Crippen LogP contribution >= 0.6 is 0 Å². The highest BCUT2D eigenvalue weighted by Gasteiger charge is 2.43. The molecule has 7 heteroatoms. The van der Waals surface area contributed by atoms with Crippen molar-refractivity contribution in [3.05, 3.63) is 29.8 Å². The van der Waals surface area contributed by atoms with Crippen molar-refractivity contribution < 1.29 is 13.2 Å². The molecule has 1 heterocycles. The average molecular weight is 311 g/mol. The molecule has 1 saturated heterocycles. The predicted molar refractivity (Wildman–Crippen MR) is 81.8 cm³/mol. The molecule has 1 aliphatic heterocycles. The lowest BCUT2D eigenvalue weighted by atomic mass is 9.89. The fourth-order valence-electron chi connectivity index (χ4n) is 2.56.